The topological polar surface area (TPSA) is 46.6 Å². The van der Waals surface area contributed by atoms with Crippen LogP contribution in [0.4, 0.5) is 11.4 Å². The number of carbonyl (C=O) groups excluding carboxylic acids is 2. The minimum Gasteiger partial charge on any atom is -0.447 e. The Balaban J connectivity index is 1.27. The van der Waals surface area contributed by atoms with E-state index in [0.717, 1.165) is 38.5 Å². The lowest BCUT2D eigenvalue weighted by molar-refractivity contribution is 0.0990. The molecule has 210 valence electrons. The van der Waals surface area contributed by atoms with Crippen LogP contribution in [-0.4, -0.2) is 24.1 Å². The van der Waals surface area contributed by atoms with Crippen LogP contribution in [0.15, 0.2) is 113 Å². The molecule has 0 atom stereocenters. The van der Waals surface area contributed by atoms with Crippen molar-refractivity contribution in [2.45, 2.75) is 18.7 Å². The summed E-state index contributed by atoms with van der Waals surface area (Å²) < 4.78 is 6.81. The fourth-order valence-electron chi connectivity index (χ4n) is 6.69. The number of benzene rings is 5. The molecule has 2 heterocycles. The Bertz CT molecular complexity index is 2080. The van der Waals surface area contributed by atoms with Gasteiger partial charge in [-0.2, -0.15) is 10.0 Å². The highest BCUT2D eigenvalue weighted by molar-refractivity contribution is 8.36. The van der Waals surface area contributed by atoms with E-state index in [1.165, 1.54) is 21.6 Å². The van der Waals surface area contributed by atoms with Crippen molar-refractivity contribution in [2.24, 2.45) is 0 Å². The lowest BCUT2D eigenvalue weighted by Crippen LogP contribution is -2.22. The summed E-state index contributed by atoms with van der Waals surface area (Å²) in [4.78, 5) is 30.6. The molecule has 5 heteroatoms. The predicted molar refractivity (Wildman–Crippen MR) is 177 cm³/mol. The van der Waals surface area contributed by atoms with Gasteiger partial charge in [0, 0.05) is 27.3 Å². The SMILES string of the molecule is Cc1cc(C)cc(N2C3=C(Oc4cc(C=C5C(=O)c6cc7ccccc7cc6C5=O)ccc42)S(C)(C)c2ccccc23)c1. The maximum absolute atomic E-state index is 13.5. The molecule has 8 rings (SSSR count). The second-order valence-corrected chi connectivity index (χ2v) is 15.4. The molecule has 0 saturated carbocycles. The zero-order chi connectivity index (χ0) is 29.6. The number of hydrogen-bond acceptors (Lipinski definition) is 4. The van der Waals surface area contributed by atoms with E-state index >= 15 is 0 Å². The molecule has 0 bridgehead atoms. The molecule has 43 heavy (non-hydrogen) atoms. The highest BCUT2D eigenvalue weighted by atomic mass is 32.3. The second kappa shape index (κ2) is 9.06. The molecule has 0 spiro atoms. The van der Waals surface area contributed by atoms with Gasteiger partial charge in [-0.05, 0) is 102 Å². The third-order valence-electron chi connectivity index (χ3n) is 8.64. The third-order valence-corrected chi connectivity index (χ3v) is 11.3. The minimum absolute atomic E-state index is 0.186. The Morgan fingerprint density at radius 1 is 0.698 bits per heavy atom. The molecule has 0 fully saturated rings. The number of Topliss-reactive ketones (excluding diaryl/α,β-unsaturated/α-hetero) is 2. The summed E-state index contributed by atoms with van der Waals surface area (Å²) in [5, 5.41) is 2.87. The fraction of sp³-hybridized carbons (Fsp3) is 0.105. The molecule has 5 aromatic rings. The van der Waals surface area contributed by atoms with Crippen molar-refractivity contribution in [1.29, 1.82) is 0 Å². The smallest absolute Gasteiger partial charge is 0.197 e. The molecule has 3 aliphatic rings. The Morgan fingerprint density at radius 2 is 1.33 bits per heavy atom. The van der Waals surface area contributed by atoms with Gasteiger partial charge >= 0.3 is 0 Å². The number of ether oxygens (including phenoxy) is 1. The van der Waals surface area contributed by atoms with Gasteiger partial charge < -0.3 is 9.64 Å². The van der Waals surface area contributed by atoms with E-state index in [-0.39, 0.29) is 17.1 Å². The average molecular weight is 580 g/mol. The van der Waals surface area contributed by atoms with Crippen LogP contribution in [-0.2, 0) is 0 Å². The first-order chi connectivity index (χ1) is 20.7. The number of ketones is 2. The number of allylic oxidation sites excluding steroid dienone is 1. The minimum atomic E-state index is -1.43. The zero-order valence-corrected chi connectivity index (χ0v) is 25.2. The molecule has 0 N–H and O–H groups in total. The lowest BCUT2D eigenvalue weighted by atomic mass is 10.0. The quantitative estimate of drug-likeness (QED) is 0.155. The third kappa shape index (κ3) is 3.78. The predicted octanol–water partition coefficient (Wildman–Crippen LogP) is 9.21. The van der Waals surface area contributed by atoms with Crippen molar-refractivity contribution < 1.29 is 14.3 Å². The summed E-state index contributed by atoms with van der Waals surface area (Å²) in [6.45, 7) is 4.24. The van der Waals surface area contributed by atoms with Crippen molar-refractivity contribution in [1.82, 2.24) is 0 Å². The second-order valence-electron chi connectivity index (χ2n) is 11.9. The number of fused-ring (bicyclic) bond motifs is 5. The summed E-state index contributed by atoms with van der Waals surface area (Å²) in [5.74, 6) is 0.243. The van der Waals surface area contributed by atoms with Gasteiger partial charge in [0.05, 0.1) is 11.3 Å². The number of carbonyl (C=O) groups is 2. The Morgan fingerprint density at radius 3 is 2.00 bits per heavy atom. The van der Waals surface area contributed by atoms with E-state index in [2.05, 4.69) is 73.7 Å². The van der Waals surface area contributed by atoms with E-state index in [1.54, 1.807) is 6.08 Å². The van der Waals surface area contributed by atoms with Crippen LogP contribution < -0.4 is 9.64 Å². The summed E-state index contributed by atoms with van der Waals surface area (Å²) in [6, 6.07) is 32.6. The largest absolute Gasteiger partial charge is 0.447 e. The highest BCUT2D eigenvalue weighted by Gasteiger charge is 2.43. The van der Waals surface area contributed by atoms with Gasteiger partial charge in [-0.1, -0.05) is 54.6 Å². The van der Waals surface area contributed by atoms with Crippen LogP contribution in [0.25, 0.3) is 22.5 Å². The van der Waals surface area contributed by atoms with E-state index in [1.807, 2.05) is 54.6 Å². The van der Waals surface area contributed by atoms with Crippen molar-refractivity contribution >= 4 is 55.5 Å². The van der Waals surface area contributed by atoms with E-state index in [4.69, 9.17) is 4.74 Å². The van der Waals surface area contributed by atoms with Crippen molar-refractivity contribution in [3.63, 3.8) is 0 Å². The van der Waals surface area contributed by atoms with Gasteiger partial charge in [-0.3, -0.25) is 9.59 Å². The number of anilines is 2. The Kier molecular flexibility index (Phi) is 5.44. The summed E-state index contributed by atoms with van der Waals surface area (Å²) in [6.07, 6.45) is 6.27. The van der Waals surface area contributed by atoms with E-state index in [0.29, 0.717) is 16.9 Å². The molecule has 4 nitrogen and oxygen atoms in total. The summed E-state index contributed by atoms with van der Waals surface area (Å²) in [5.41, 5.74) is 8.54. The maximum Gasteiger partial charge on any atom is 0.197 e. The molecular formula is C38H29NO3S. The molecule has 2 aliphatic heterocycles. The summed E-state index contributed by atoms with van der Waals surface area (Å²) >= 11 is 0. The van der Waals surface area contributed by atoms with Crippen LogP contribution in [0.1, 0.15) is 43.0 Å². The highest BCUT2D eigenvalue weighted by Crippen LogP contribution is 2.68. The number of hydrogen-bond donors (Lipinski definition) is 0. The first kappa shape index (κ1) is 25.8. The lowest BCUT2D eigenvalue weighted by Gasteiger charge is -2.37. The van der Waals surface area contributed by atoms with Gasteiger partial charge in [0.25, 0.3) is 0 Å². The average Bonchev–Trinajstić information content (AvgIpc) is 3.36. The van der Waals surface area contributed by atoms with Gasteiger partial charge in [0.2, 0.25) is 0 Å². The first-order valence-electron chi connectivity index (χ1n) is 14.3. The van der Waals surface area contributed by atoms with Gasteiger partial charge in [-0.15, -0.1) is 0 Å². The van der Waals surface area contributed by atoms with Crippen molar-refractivity contribution in [3.05, 3.63) is 141 Å². The zero-order valence-electron chi connectivity index (χ0n) is 24.4. The van der Waals surface area contributed by atoms with Crippen LogP contribution in [0.3, 0.4) is 0 Å². The van der Waals surface area contributed by atoms with Crippen LogP contribution in [0, 0.1) is 13.8 Å². The van der Waals surface area contributed by atoms with Crippen molar-refractivity contribution in [2.75, 3.05) is 17.4 Å². The molecule has 0 aromatic heterocycles. The summed E-state index contributed by atoms with van der Waals surface area (Å²) in [7, 11) is -1.43. The number of nitrogens with zero attached hydrogens (tertiary/aromatic N) is 1. The molecule has 5 aromatic carbocycles. The monoisotopic (exact) mass is 579 g/mol. The Hall–Kier alpha value is -4.87. The van der Waals surface area contributed by atoms with Crippen LogP contribution >= 0.6 is 10.0 Å². The molecule has 0 saturated heterocycles. The number of rotatable bonds is 2. The molecular weight excluding hydrogens is 550 g/mol. The molecule has 0 unspecified atom stereocenters. The number of aryl methyl sites for hydroxylation is 2. The normalized spacial score (nSPS) is 16.9. The molecule has 0 radical (unpaired) electrons. The van der Waals surface area contributed by atoms with Crippen LogP contribution in [0.5, 0.6) is 5.75 Å². The van der Waals surface area contributed by atoms with Gasteiger partial charge in [0.15, 0.2) is 22.4 Å². The van der Waals surface area contributed by atoms with Gasteiger partial charge in [-0.25, -0.2) is 0 Å². The first-order valence-corrected chi connectivity index (χ1v) is 16.8. The maximum atomic E-state index is 13.5. The van der Waals surface area contributed by atoms with Gasteiger partial charge in [0.1, 0.15) is 5.70 Å². The molecule has 1 aliphatic carbocycles. The van der Waals surface area contributed by atoms with E-state index < -0.39 is 10.0 Å². The van der Waals surface area contributed by atoms with E-state index in [9.17, 15) is 9.59 Å². The van der Waals surface area contributed by atoms with Crippen LogP contribution in [0.2, 0.25) is 0 Å². The Labute approximate surface area is 252 Å². The fourth-order valence-corrected chi connectivity index (χ4v) is 9.00. The molecule has 0 amide bonds. The standard InChI is InChI=1S/C38H29NO3S/c1-22-15-23(2)17-27(16-22)39-32-14-13-24(19-33(32)42-38-35(39)28-11-7-8-12-34(28)43(38,3)4)18-31-36(40)29-20-25-9-5-6-10-26(25)21-30(29)37(31)41/h5-21H,1-4H3. The van der Waals surface area contributed by atoms with Crippen molar-refractivity contribution in [3.8, 4) is 5.75 Å².